The van der Waals surface area contributed by atoms with Gasteiger partial charge in [-0.25, -0.2) is 4.79 Å². The van der Waals surface area contributed by atoms with Gasteiger partial charge in [-0.1, -0.05) is 26.2 Å². The highest BCUT2D eigenvalue weighted by Gasteiger charge is 2.14. The largest absolute Gasteiger partial charge is 0.462 e. The fraction of sp³-hybridized carbons (Fsp3) is 0.846. The van der Waals surface area contributed by atoms with Gasteiger partial charge in [0.25, 0.3) is 0 Å². The number of amides is 1. The minimum atomic E-state index is -0.423. The second-order valence-electron chi connectivity index (χ2n) is 4.59. The van der Waals surface area contributed by atoms with Crippen LogP contribution in [0.4, 0.5) is 4.79 Å². The van der Waals surface area contributed by atoms with Gasteiger partial charge in [-0.15, -0.1) is 0 Å². The Balaban J connectivity index is 1.98. The summed E-state index contributed by atoms with van der Waals surface area (Å²) in [6.07, 6.45) is 6.12. The number of nitrogens with one attached hydrogen (secondary N) is 1. The van der Waals surface area contributed by atoms with Gasteiger partial charge >= 0.3 is 12.1 Å². The molecular formula is C13H23NO4. The van der Waals surface area contributed by atoms with Gasteiger partial charge in [0.15, 0.2) is 0 Å². The standard InChI is InChI=1S/C13H23NO4/c1-2-12(15)17-8-9-18-13(16)14-10-11-6-4-3-5-7-11/h11H,2-10H2,1H3,(H,14,16). The maximum Gasteiger partial charge on any atom is 0.407 e. The van der Waals surface area contributed by atoms with E-state index in [0.717, 1.165) is 0 Å². The molecule has 0 aromatic carbocycles. The van der Waals surface area contributed by atoms with Gasteiger partial charge in [0.1, 0.15) is 13.2 Å². The summed E-state index contributed by atoms with van der Waals surface area (Å²) < 4.78 is 9.69. The summed E-state index contributed by atoms with van der Waals surface area (Å²) in [5.41, 5.74) is 0. The van der Waals surface area contributed by atoms with Gasteiger partial charge < -0.3 is 14.8 Å². The van der Waals surface area contributed by atoms with Crippen LogP contribution in [0.2, 0.25) is 0 Å². The topological polar surface area (TPSA) is 64.6 Å². The van der Waals surface area contributed by atoms with Crippen LogP contribution in [0.3, 0.4) is 0 Å². The van der Waals surface area contributed by atoms with Crippen LogP contribution < -0.4 is 5.32 Å². The zero-order valence-electron chi connectivity index (χ0n) is 11.1. The fourth-order valence-corrected chi connectivity index (χ4v) is 2.06. The van der Waals surface area contributed by atoms with Crippen molar-refractivity contribution >= 4 is 12.1 Å². The number of hydrogen-bond donors (Lipinski definition) is 1. The van der Waals surface area contributed by atoms with Crippen molar-refractivity contribution < 1.29 is 19.1 Å². The number of hydrogen-bond acceptors (Lipinski definition) is 4. The molecule has 5 nitrogen and oxygen atoms in total. The van der Waals surface area contributed by atoms with Crippen LogP contribution in [0.25, 0.3) is 0 Å². The van der Waals surface area contributed by atoms with Crippen LogP contribution in [0.15, 0.2) is 0 Å². The lowest BCUT2D eigenvalue weighted by Crippen LogP contribution is -2.31. The molecule has 5 heteroatoms. The predicted molar refractivity (Wildman–Crippen MR) is 67.2 cm³/mol. The Bertz CT molecular complexity index is 262. The van der Waals surface area contributed by atoms with Gasteiger partial charge in [0.2, 0.25) is 0 Å². The molecule has 1 amide bonds. The fourth-order valence-electron chi connectivity index (χ4n) is 2.06. The summed E-state index contributed by atoms with van der Waals surface area (Å²) in [4.78, 5) is 22.1. The van der Waals surface area contributed by atoms with Crippen molar-refractivity contribution in [3.8, 4) is 0 Å². The monoisotopic (exact) mass is 257 g/mol. The zero-order chi connectivity index (χ0) is 13.2. The van der Waals surface area contributed by atoms with Crippen LogP contribution in [0.5, 0.6) is 0 Å². The Labute approximate surface area is 108 Å². The number of alkyl carbamates (subject to hydrolysis) is 1. The second kappa shape index (κ2) is 8.78. The van der Waals surface area contributed by atoms with Crippen molar-refractivity contribution in [1.82, 2.24) is 5.32 Å². The van der Waals surface area contributed by atoms with E-state index in [1.54, 1.807) is 6.92 Å². The molecule has 1 aliphatic carbocycles. The van der Waals surface area contributed by atoms with E-state index < -0.39 is 6.09 Å². The average molecular weight is 257 g/mol. The minimum absolute atomic E-state index is 0.113. The van der Waals surface area contributed by atoms with Gasteiger partial charge in [0, 0.05) is 13.0 Å². The molecule has 0 unspecified atom stereocenters. The summed E-state index contributed by atoms with van der Waals surface area (Å²) in [5, 5.41) is 2.75. The van der Waals surface area contributed by atoms with E-state index in [9.17, 15) is 9.59 Å². The van der Waals surface area contributed by atoms with Crippen LogP contribution in [0, 0.1) is 5.92 Å². The average Bonchev–Trinajstić information content (AvgIpc) is 2.42. The van der Waals surface area contributed by atoms with Crippen molar-refractivity contribution in [1.29, 1.82) is 0 Å². The second-order valence-corrected chi connectivity index (χ2v) is 4.59. The minimum Gasteiger partial charge on any atom is -0.462 e. The first kappa shape index (κ1) is 14.8. The van der Waals surface area contributed by atoms with Gasteiger partial charge in [-0.05, 0) is 18.8 Å². The molecule has 0 bridgehead atoms. The highest BCUT2D eigenvalue weighted by Crippen LogP contribution is 2.22. The molecule has 0 heterocycles. The highest BCUT2D eigenvalue weighted by atomic mass is 16.6. The lowest BCUT2D eigenvalue weighted by molar-refractivity contribution is -0.144. The molecule has 0 saturated heterocycles. The molecule has 0 atom stereocenters. The maximum atomic E-state index is 11.3. The molecular weight excluding hydrogens is 234 g/mol. The number of esters is 1. The van der Waals surface area contributed by atoms with Crippen molar-refractivity contribution in [2.75, 3.05) is 19.8 Å². The van der Waals surface area contributed by atoms with Crippen molar-refractivity contribution in [3.05, 3.63) is 0 Å². The van der Waals surface area contributed by atoms with Gasteiger partial charge in [0.05, 0.1) is 0 Å². The summed E-state index contributed by atoms with van der Waals surface area (Å²) in [7, 11) is 0. The molecule has 1 saturated carbocycles. The molecule has 0 aliphatic heterocycles. The van der Waals surface area contributed by atoms with Crippen molar-refractivity contribution in [2.45, 2.75) is 45.4 Å². The number of carbonyl (C=O) groups excluding carboxylic acids is 2. The molecule has 1 fully saturated rings. The SMILES string of the molecule is CCC(=O)OCCOC(=O)NCC1CCCCC1. The van der Waals surface area contributed by atoms with E-state index in [2.05, 4.69) is 5.32 Å². The summed E-state index contributed by atoms with van der Waals surface area (Å²) in [5.74, 6) is 0.311. The van der Waals surface area contributed by atoms with Crippen LogP contribution in [0.1, 0.15) is 45.4 Å². The van der Waals surface area contributed by atoms with E-state index in [1.807, 2.05) is 0 Å². The molecule has 0 aromatic rings. The number of ether oxygens (including phenoxy) is 2. The summed E-state index contributed by atoms with van der Waals surface area (Å²) >= 11 is 0. The zero-order valence-corrected chi connectivity index (χ0v) is 11.1. The van der Waals surface area contributed by atoms with E-state index >= 15 is 0 Å². The van der Waals surface area contributed by atoms with E-state index in [4.69, 9.17) is 9.47 Å². The quantitative estimate of drug-likeness (QED) is 0.585. The molecule has 18 heavy (non-hydrogen) atoms. The first-order valence-corrected chi connectivity index (χ1v) is 6.78. The molecule has 1 aliphatic rings. The molecule has 0 spiro atoms. The normalized spacial score (nSPS) is 16.1. The third kappa shape index (κ3) is 6.47. The van der Waals surface area contributed by atoms with E-state index in [1.165, 1.54) is 32.1 Å². The van der Waals surface area contributed by atoms with Gasteiger partial charge in [-0.2, -0.15) is 0 Å². The molecule has 0 aromatic heterocycles. The third-order valence-corrected chi connectivity index (χ3v) is 3.13. The summed E-state index contributed by atoms with van der Waals surface area (Å²) in [6.45, 7) is 2.65. The Hall–Kier alpha value is -1.26. The molecule has 104 valence electrons. The maximum absolute atomic E-state index is 11.3. The summed E-state index contributed by atoms with van der Waals surface area (Å²) in [6, 6.07) is 0. The number of rotatable bonds is 6. The third-order valence-electron chi connectivity index (χ3n) is 3.13. The van der Waals surface area contributed by atoms with Crippen molar-refractivity contribution in [3.63, 3.8) is 0 Å². The Kier molecular flexibility index (Phi) is 7.22. The first-order chi connectivity index (χ1) is 8.72. The van der Waals surface area contributed by atoms with Gasteiger partial charge in [-0.3, -0.25) is 4.79 Å². The van der Waals surface area contributed by atoms with E-state index in [0.29, 0.717) is 18.9 Å². The number of carbonyl (C=O) groups is 2. The smallest absolute Gasteiger partial charge is 0.407 e. The first-order valence-electron chi connectivity index (χ1n) is 6.78. The van der Waals surface area contributed by atoms with Crippen molar-refractivity contribution in [2.24, 2.45) is 5.92 Å². The highest BCUT2D eigenvalue weighted by molar-refractivity contribution is 5.69. The van der Waals surface area contributed by atoms with E-state index in [-0.39, 0.29) is 19.2 Å². The lowest BCUT2D eigenvalue weighted by Gasteiger charge is -2.21. The Morgan fingerprint density at radius 3 is 2.44 bits per heavy atom. The molecule has 1 rings (SSSR count). The van der Waals surface area contributed by atoms with Crippen LogP contribution in [-0.4, -0.2) is 31.8 Å². The Morgan fingerprint density at radius 1 is 1.11 bits per heavy atom. The van der Waals surface area contributed by atoms with Crippen LogP contribution >= 0.6 is 0 Å². The molecule has 1 N–H and O–H groups in total. The molecule has 0 radical (unpaired) electrons. The van der Waals surface area contributed by atoms with Crippen LogP contribution in [-0.2, 0) is 14.3 Å². The lowest BCUT2D eigenvalue weighted by atomic mass is 9.89. The Morgan fingerprint density at radius 2 is 1.78 bits per heavy atom. The predicted octanol–water partition coefficient (Wildman–Crippen LogP) is 2.25.